The van der Waals surface area contributed by atoms with Crippen molar-refractivity contribution in [3.05, 3.63) is 46.6 Å². The molecule has 2 aromatic heterocycles. The van der Waals surface area contributed by atoms with Gasteiger partial charge in [0.2, 0.25) is 5.91 Å². The third kappa shape index (κ3) is 4.78. The average molecular weight is 469 g/mol. The minimum Gasteiger partial charge on any atom is -0.495 e. The van der Waals surface area contributed by atoms with Crippen molar-refractivity contribution in [2.24, 2.45) is 5.92 Å². The molecule has 1 saturated heterocycles. The molecule has 2 amide bonds. The monoisotopic (exact) mass is 468 g/mol. The number of anilines is 3. The first-order chi connectivity index (χ1) is 15.9. The van der Waals surface area contributed by atoms with Gasteiger partial charge in [0.15, 0.2) is 5.65 Å². The number of fused-ring (bicyclic) bond motifs is 1. The van der Waals surface area contributed by atoms with E-state index in [-0.39, 0.29) is 12.3 Å². The highest BCUT2D eigenvalue weighted by Gasteiger charge is 2.24. The Hall–Kier alpha value is -3.59. The van der Waals surface area contributed by atoms with E-state index in [4.69, 9.17) is 21.3 Å². The molecular formula is C23H25ClN6O3. The van der Waals surface area contributed by atoms with Crippen LogP contribution in [0.2, 0.25) is 5.02 Å². The van der Waals surface area contributed by atoms with Crippen molar-refractivity contribution in [1.29, 1.82) is 0 Å². The van der Waals surface area contributed by atoms with Crippen LogP contribution in [-0.4, -0.2) is 40.1 Å². The highest BCUT2D eigenvalue weighted by Crippen LogP contribution is 2.34. The van der Waals surface area contributed by atoms with E-state index in [0.29, 0.717) is 45.0 Å². The van der Waals surface area contributed by atoms with Crippen molar-refractivity contribution in [1.82, 2.24) is 19.9 Å². The fraction of sp³-hybridized carbons (Fsp3) is 0.304. The summed E-state index contributed by atoms with van der Waals surface area (Å²) in [4.78, 5) is 28.3. The van der Waals surface area contributed by atoms with E-state index in [1.807, 2.05) is 18.2 Å². The second-order valence-electron chi connectivity index (χ2n) is 7.93. The Labute approximate surface area is 196 Å². The minimum atomic E-state index is -0.396. The van der Waals surface area contributed by atoms with Crippen molar-refractivity contribution < 1.29 is 14.3 Å². The number of carbonyl (C=O) groups is 2. The van der Waals surface area contributed by atoms with Gasteiger partial charge in [-0.25, -0.2) is 4.98 Å². The van der Waals surface area contributed by atoms with Crippen LogP contribution in [-0.2, 0) is 9.59 Å². The Morgan fingerprint density at radius 1 is 1.36 bits per heavy atom. The summed E-state index contributed by atoms with van der Waals surface area (Å²) >= 11 is 6.46. The second kappa shape index (κ2) is 9.50. The van der Waals surface area contributed by atoms with Gasteiger partial charge in [0.1, 0.15) is 22.4 Å². The zero-order valence-electron chi connectivity index (χ0n) is 18.6. The fourth-order valence-corrected chi connectivity index (χ4v) is 3.66. The molecule has 1 aliphatic heterocycles. The summed E-state index contributed by atoms with van der Waals surface area (Å²) in [5.74, 6) is 1.57. The summed E-state index contributed by atoms with van der Waals surface area (Å²) in [6.07, 6.45) is 4.34. The van der Waals surface area contributed by atoms with Gasteiger partial charge >= 0.3 is 0 Å². The molecule has 33 heavy (non-hydrogen) atoms. The smallest absolute Gasteiger partial charge is 0.254 e. The molecule has 1 atom stereocenters. The summed E-state index contributed by atoms with van der Waals surface area (Å²) < 4.78 is 6.98. The summed E-state index contributed by atoms with van der Waals surface area (Å²) in [7, 11) is 1.56. The normalized spacial score (nSPS) is 15.7. The van der Waals surface area contributed by atoms with Gasteiger partial charge in [-0.3, -0.25) is 14.9 Å². The molecule has 3 heterocycles. The largest absolute Gasteiger partial charge is 0.495 e. The van der Waals surface area contributed by atoms with Crippen LogP contribution in [0.1, 0.15) is 32.3 Å². The topological polar surface area (TPSA) is 110 Å². The van der Waals surface area contributed by atoms with Crippen molar-refractivity contribution in [2.45, 2.75) is 26.7 Å². The van der Waals surface area contributed by atoms with E-state index in [2.05, 4.69) is 34.9 Å². The summed E-state index contributed by atoms with van der Waals surface area (Å²) in [5, 5.41) is 13.9. The van der Waals surface area contributed by atoms with E-state index >= 15 is 0 Å². The lowest BCUT2D eigenvalue weighted by Gasteiger charge is -2.15. The van der Waals surface area contributed by atoms with Gasteiger partial charge in [-0.15, -0.1) is 0 Å². The SMILES string of the molecule is CCC(C)CNc1cc(Nc2cccc(OC)c2Cl)nc2c(/C=C3\CC(=O)NC3=O)cnn12. The number of carbonyl (C=O) groups excluding carboxylic acids is 2. The molecule has 0 radical (unpaired) electrons. The number of rotatable bonds is 8. The van der Waals surface area contributed by atoms with Crippen LogP contribution in [0.3, 0.4) is 0 Å². The Balaban J connectivity index is 1.77. The molecule has 1 fully saturated rings. The highest BCUT2D eigenvalue weighted by molar-refractivity contribution is 6.34. The van der Waals surface area contributed by atoms with Crippen LogP contribution in [0.5, 0.6) is 5.75 Å². The van der Waals surface area contributed by atoms with Crippen molar-refractivity contribution in [3.8, 4) is 5.75 Å². The number of amides is 2. The number of imide groups is 1. The molecule has 1 aromatic carbocycles. The molecule has 1 unspecified atom stereocenters. The molecule has 10 heteroatoms. The lowest BCUT2D eigenvalue weighted by Crippen LogP contribution is -2.19. The first-order valence-corrected chi connectivity index (χ1v) is 11.0. The van der Waals surface area contributed by atoms with Crippen LogP contribution in [0.4, 0.5) is 17.3 Å². The zero-order valence-corrected chi connectivity index (χ0v) is 19.4. The first kappa shape index (κ1) is 22.6. The van der Waals surface area contributed by atoms with Gasteiger partial charge in [-0.2, -0.15) is 9.61 Å². The maximum atomic E-state index is 12.0. The lowest BCUT2D eigenvalue weighted by atomic mass is 10.1. The number of ether oxygens (including phenoxy) is 1. The Morgan fingerprint density at radius 2 is 2.18 bits per heavy atom. The van der Waals surface area contributed by atoms with Crippen LogP contribution in [0.25, 0.3) is 11.7 Å². The summed E-state index contributed by atoms with van der Waals surface area (Å²) in [6.45, 7) is 5.05. The molecule has 0 bridgehead atoms. The number of halogens is 1. The van der Waals surface area contributed by atoms with Gasteiger partial charge in [-0.05, 0) is 24.1 Å². The third-order valence-electron chi connectivity index (χ3n) is 5.50. The van der Waals surface area contributed by atoms with Crippen molar-refractivity contribution in [2.75, 3.05) is 24.3 Å². The molecule has 172 valence electrons. The molecular weight excluding hydrogens is 444 g/mol. The number of methoxy groups -OCH3 is 1. The number of benzene rings is 1. The van der Waals surface area contributed by atoms with E-state index < -0.39 is 5.91 Å². The van der Waals surface area contributed by atoms with Crippen molar-refractivity contribution >= 4 is 52.5 Å². The average Bonchev–Trinajstić information content (AvgIpc) is 3.35. The van der Waals surface area contributed by atoms with E-state index in [0.717, 1.165) is 18.8 Å². The fourth-order valence-electron chi connectivity index (χ4n) is 3.41. The number of nitrogens with one attached hydrogen (secondary N) is 3. The van der Waals surface area contributed by atoms with E-state index in [1.54, 1.807) is 30.0 Å². The van der Waals surface area contributed by atoms with Crippen LogP contribution in [0, 0.1) is 5.92 Å². The van der Waals surface area contributed by atoms with Crippen LogP contribution < -0.4 is 20.7 Å². The molecule has 0 aliphatic carbocycles. The maximum absolute atomic E-state index is 12.0. The molecule has 0 saturated carbocycles. The standard InChI is InChI=1S/C23H25ClN6O3/c1-4-13(2)11-25-19-10-18(27-16-6-5-7-17(33-3)21(16)24)28-22-15(12-26-30(19)22)8-14-9-20(31)29-23(14)32/h5-8,10,12-13,25H,4,9,11H2,1-3H3,(H,27,28)(H,29,31,32)/b14-8+. The molecule has 1 aliphatic rings. The Kier molecular flexibility index (Phi) is 6.50. The Morgan fingerprint density at radius 3 is 2.88 bits per heavy atom. The lowest BCUT2D eigenvalue weighted by molar-refractivity contribution is -0.124. The molecule has 0 spiro atoms. The Bertz CT molecular complexity index is 1250. The van der Waals surface area contributed by atoms with Crippen molar-refractivity contribution in [3.63, 3.8) is 0 Å². The molecule has 3 N–H and O–H groups in total. The first-order valence-electron chi connectivity index (χ1n) is 10.7. The predicted octanol–water partition coefficient (Wildman–Crippen LogP) is 4.02. The number of aromatic nitrogens is 3. The molecule has 4 rings (SSSR count). The summed E-state index contributed by atoms with van der Waals surface area (Å²) in [5.41, 5.74) is 2.17. The van der Waals surface area contributed by atoms with E-state index in [1.165, 1.54) is 0 Å². The number of hydrogen-bond acceptors (Lipinski definition) is 7. The van der Waals surface area contributed by atoms with Gasteiger partial charge in [-0.1, -0.05) is 37.9 Å². The van der Waals surface area contributed by atoms with Crippen LogP contribution >= 0.6 is 11.6 Å². The summed E-state index contributed by atoms with van der Waals surface area (Å²) in [6, 6.07) is 7.29. The van der Waals surface area contributed by atoms with E-state index in [9.17, 15) is 9.59 Å². The number of hydrogen-bond donors (Lipinski definition) is 3. The van der Waals surface area contributed by atoms with Gasteiger partial charge in [0, 0.05) is 23.7 Å². The second-order valence-corrected chi connectivity index (χ2v) is 8.30. The van der Waals surface area contributed by atoms with Gasteiger partial charge < -0.3 is 15.4 Å². The van der Waals surface area contributed by atoms with Crippen LogP contribution in [0.15, 0.2) is 36.0 Å². The molecule has 9 nitrogen and oxygen atoms in total. The number of nitrogens with zero attached hydrogens (tertiary/aromatic N) is 3. The quantitative estimate of drug-likeness (QED) is 0.338. The molecule has 3 aromatic rings. The van der Waals surface area contributed by atoms with Gasteiger partial charge in [0.05, 0.1) is 25.4 Å². The zero-order chi connectivity index (χ0) is 23.5. The highest BCUT2D eigenvalue weighted by atomic mass is 35.5. The maximum Gasteiger partial charge on any atom is 0.254 e. The van der Waals surface area contributed by atoms with Gasteiger partial charge in [0.25, 0.3) is 5.91 Å². The third-order valence-corrected chi connectivity index (χ3v) is 5.89. The minimum absolute atomic E-state index is 0.0344. The predicted molar refractivity (Wildman–Crippen MR) is 128 cm³/mol.